The summed E-state index contributed by atoms with van der Waals surface area (Å²) in [4.78, 5) is 4.32. The Morgan fingerprint density at radius 2 is 2.33 bits per heavy atom. The number of nitrogens with one attached hydrogen (secondary N) is 1. The van der Waals surface area contributed by atoms with Crippen molar-refractivity contribution in [1.82, 2.24) is 9.55 Å². The molecule has 0 bridgehead atoms. The molecule has 0 aliphatic heterocycles. The Morgan fingerprint density at radius 3 is 3.06 bits per heavy atom. The monoisotopic (exact) mass is 255 g/mol. The molecule has 0 spiro atoms. The molecular weight excluding hydrogens is 230 g/mol. The fourth-order valence-electron chi connectivity index (χ4n) is 1.75. The molecule has 5 heteroatoms. The zero-order valence-corrected chi connectivity index (χ0v) is 11.7. The third-order valence-corrected chi connectivity index (χ3v) is 2.67. The Hall–Kier alpha value is -1.07. The van der Waals surface area contributed by atoms with E-state index >= 15 is 0 Å². The fraction of sp³-hybridized carbons (Fsp3) is 0.769. The van der Waals surface area contributed by atoms with Gasteiger partial charge in [-0.25, -0.2) is 4.98 Å². The summed E-state index contributed by atoms with van der Waals surface area (Å²) >= 11 is 0. The summed E-state index contributed by atoms with van der Waals surface area (Å²) in [5.41, 5.74) is 0. The molecule has 18 heavy (non-hydrogen) atoms. The number of aryl methyl sites for hydroxylation is 1. The van der Waals surface area contributed by atoms with Crippen LogP contribution < -0.4 is 5.32 Å². The van der Waals surface area contributed by atoms with Crippen LogP contribution in [0.2, 0.25) is 0 Å². The number of imidazole rings is 1. The van der Waals surface area contributed by atoms with E-state index in [-0.39, 0.29) is 0 Å². The molecular formula is C13H25N3O2. The van der Waals surface area contributed by atoms with E-state index in [9.17, 15) is 0 Å². The van der Waals surface area contributed by atoms with Crippen molar-refractivity contribution in [2.45, 2.75) is 26.8 Å². The number of rotatable bonds is 10. The van der Waals surface area contributed by atoms with Crippen molar-refractivity contribution in [3.05, 3.63) is 12.4 Å². The zero-order chi connectivity index (χ0) is 13.2. The molecule has 0 radical (unpaired) electrons. The average Bonchev–Trinajstić information content (AvgIpc) is 2.80. The minimum atomic E-state index is 0.476. The first-order valence-corrected chi connectivity index (χ1v) is 6.59. The summed E-state index contributed by atoms with van der Waals surface area (Å²) in [6.07, 6.45) is 4.83. The van der Waals surface area contributed by atoms with E-state index in [0.717, 1.165) is 45.3 Å². The quantitative estimate of drug-likeness (QED) is 0.650. The fourth-order valence-corrected chi connectivity index (χ4v) is 1.75. The van der Waals surface area contributed by atoms with Crippen LogP contribution in [-0.4, -0.2) is 43.0 Å². The van der Waals surface area contributed by atoms with Crippen molar-refractivity contribution in [2.24, 2.45) is 5.92 Å². The van der Waals surface area contributed by atoms with Crippen molar-refractivity contribution in [2.75, 3.05) is 38.8 Å². The average molecular weight is 255 g/mol. The standard InChI is InChI=1S/C13H25N3O2/c1-4-18-9-5-7-16-8-6-14-13(16)15-10-12(2)11-17-3/h6,8,12H,4-5,7,9-11H2,1-3H3,(H,14,15). The predicted octanol–water partition coefficient (Wildman–Crippen LogP) is 2.00. The summed E-state index contributed by atoms with van der Waals surface area (Å²) < 4.78 is 12.6. The van der Waals surface area contributed by atoms with Crippen LogP contribution in [-0.2, 0) is 16.0 Å². The van der Waals surface area contributed by atoms with Gasteiger partial charge in [-0.2, -0.15) is 0 Å². The molecule has 1 atom stereocenters. The zero-order valence-electron chi connectivity index (χ0n) is 11.7. The maximum Gasteiger partial charge on any atom is 0.202 e. The minimum absolute atomic E-state index is 0.476. The highest BCUT2D eigenvalue weighted by Gasteiger charge is 2.05. The van der Waals surface area contributed by atoms with Gasteiger partial charge in [0.2, 0.25) is 5.95 Å². The Morgan fingerprint density at radius 1 is 1.50 bits per heavy atom. The number of ether oxygens (including phenoxy) is 2. The maximum absolute atomic E-state index is 5.33. The van der Waals surface area contributed by atoms with E-state index in [4.69, 9.17) is 9.47 Å². The van der Waals surface area contributed by atoms with Gasteiger partial charge in [-0.05, 0) is 19.3 Å². The summed E-state index contributed by atoms with van der Waals surface area (Å²) in [7, 11) is 1.73. The molecule has 0 amide bonds. The maximum atomic E-state index is 5.33. The Kier molecular flexibility index (Phi) is 7.44. The molecule has 1 heterocycles. The minimum Gasteiger partial charge on any atom is -0.384 e. The van der Waals surface area contributed by atoms with Crippen LogP contribution in [0.5, 0.6) is 0 Å². The summed E-state index contributed by atoms with van der Waals surface area (Å²) in [5.74, 6) is 1.40. The summed E-state index contributed by atoms with van der Waals surface area (Å²) in [6.45, 7) is 8.31. The van der Waals surface area contributed by atoms with Gasteiger partial charge in [0.1, 0.15) is 0 Å². The summed E-state index contributed by atoms with van der Waals surface area (Å²) in [5, 5.41) is 3.35. The van der Waals surface area contributed by atoms with Gasteiger partial charge in [0.05, 0.1) is 6.61 Å². The SMILES string of the molecule is CCOCCCn1ccnc1NCC(C)COC. The van der Waals surface area contributed by atoms with Crippen molar-refractivity contribution in [1.29, 1.82) is 0 Å². The third-order valence-electron chi connectivity index (χ3n) is 2.67. The number of hydrogen-bond acceptors (Lipinski definition) is 4. The molecule has 1 N–H and O–H groups in total. The molecule has 0 aliphatic rings. The number of anilines is 1. The second kappa shape index (κ2) is 8.94. The van der Waals surface area contributed by atoms with E-state index in [0.29, 0.717) is 5.92 Å². The van der Waals surface area contributed by atoms with E-state index in [1.54, 1.807) is 7.11 Å². The van der Waals surface area contributed by atoms with Crippen molar-refractivity contribution in [3.63, 3.8) is 0 Å². The van der Waals surface area contributed by atoms with Gasteiger partial charge in [0.15, 0.2) is 0 Å². The third kappa shape index (κ3) is 5.51. The lowest BCUT2D eigenvalue weighted by molar-refractivity contribution is 0.141. The molecule has 0 saturated carbocycles. The molecule has 0 fully saturated rings. The molecule has 5 nitrogen and oxygen atoms in total. The smallest absolute Gasteiger partial charge is 0.202 e. The van der Waals surface area contributed by atoms with Crippen molar-refractivity contribution in [3.8, 4) is 0 Å². The molecule has 104 valence electrons. The Labute approximate surface area is 109 Å². The Bertz CT molecular complexity index is 315. The summed E-state index contributed by atoms with van der Waals surface area (Å²) in [6, 6.07) is 0. The largest absolute Gasteiger partial charge is 0.384 e. The normalized spacial score (nSPS) is 12.6. The highest BCUT2D eigenvalue weighted by atomic mass is 16.5. The van der Waals surface area contributed by atoms with Gasteiger partial charge >= 0.3 is 0 Å². The van der Waals surface area contributed by atoms with Crippen molar-refractivity contribution >= 4 is 5.95 Å². The topological polar surface area (TPSA) is 48.3 Å². The van der Waals surface area contributed by atoms with Crippen molar-refractivity contribution < 1.29 is 9.47 Å². The molecule has 0 saturated heterocycles. The van der Waals surface area contributed by atoms with E-state index in [2.05, 4.69) is 21.8 Å². The van der Waals surface area contributed by atoms with Crippen LogP contribution in [0.1, 0.15) is 20.3 Å². The van der Waals surface area contributed by atoms with Crippen LogP contribution in [0.15, 0.2) is 12.4 Å². The van der Waals surface area contributed by atoms with Gasteiger partial charge in [0.25, 0.3) is 0 Å². The van der Waals surface area contributed by atoms with Gasteiger partial charge in [-0.3, -0.25) is 0 Å². The highest BCUT2D eigenvalue weighted by Crippen LogP contribution is 2.07. The van der Waals surface area contributed by atoms with E-state index < -0.39 is 0 Å². The van der Waals surface area contributed by atoms with Gasteiger partial charge in [-0.15, -0.1) is 0 Å². The predicted molar refractivity (Wildman–Crippen MR) is 72.9 cm³/mol. The lowest BCUT2D eigenvalue weighted by Crippen LogP contribution is -2.18. The number of aromatic nitrogens is 2. The van der Waals surface area contributed by atoms with Crippen LogP contribution >= 0.6 is 0 Å². The molecule has 1 unspecified atom stereocenters. The first-order chi connectivity index (χ1) is 8.77. The molecule has 1 aromatic heterocycles. The molecule has 1 rings (SSSR count). The first kappa shape index (κ1) is 15.0. The number of nitrogens with zero attached hydrogens (tertiary/aromatic N) is 2. The van der Waals surface area contributed by atoms with Crippen LogP contribution in [0.25, 0.3) is 0 Å². The second-order valence-electron chi connectivity index (χ2n) is 4.44. The molecule has 0 aromatic carbocycles. The lowest BCUT2D eigenvalue weighted by Gasteiger charge is -2.13. The van der Waals surface area contributed by atoms with Gasteiger partial charge in [0, 0.05) is 45.8 Å². The number of methoxy groups -OCH3 is 1. The molecule has 0 aliphatic carbocycles. The van der Waals surface area contributed by atoms with Gasteiger partial charge < -0.3 is 19.4 Å². The lowest BCUT2D eigenvalue weighted by atomic mass is 10.2. The van der Waals surface area contributed by atoms with E-state index in [1.165, 1.54) is 0 Å². The van der Waals surface area contributed by atoms with Crippen LogP contribution in [0.4, 0.5) is 5.95 Å². The first-order valence-electron chi connectivity index (χ1n) is 6.59. The molecule has 1 aromatic rings. The van der Waals surface area contributed by atoms with Crippen LogP contribution in [0.3, 0.4) is 0 Å². The van der Waals surface area contributed by atoms with Gasteiger partial charge in [-0.1, -0.05) is 6.92 Å². The van der Waals surface area contributed by atoms with E-state index in [1.807, 2.05) is 19.3 Å². The Balaban J connectivity index is 2.30. The van der Waals surface area contributed by atoms with Crippen LogP contribution in [0, 0.1) is 5.92 Å². The second-order valence-corrected chi connectivity index (χ2v) is 4.44. The highest BCUT2D eigenvalue weighted by molar-refractivity contribution is 5.25. The number of hydrogen-bond donors (Lipinski definition) is 1.